The first kappa shape index (κ1) is 21.4. The standard InChI is InChI=1S/C18H18Cl3N3O3S/c19-13-4-6-14(7-5-13)22-17(25)12-23-8-10-24(11-9-23)28(26,27)18-15(20)2-1-3-16(18)21/h1-7H,8-12H2,(H,22,25). The number of rotatable bonds is 5. The van der Waals surface area contributed by atoms with Crippen LogP contribution in [0.4, 0.5) is 5.69 Å². The Balaban J connectivity index is 1.58. The zero-order chi connectivity index (χ0) is 20.3. The molecule has 0 unspecified atom stereocenters. The Morgan fingerprint density at radius 3 is 2.07 bits per heavy atom. The van der Waals surface area contributed by atoms with Crippen LogP contribution >= 0.6 is 34.8 Å². The summed E-state index contributed by atoms with van der Waals surface area (Å²) in [6.45, 7) is 1.52. The van der Waals surface area contributed by atoms with Crippen molar-refractivity contribution < 1.29 is 13.2 Å². The number of benzene rings is 2. The summed E-state index contributed by atoms with van der Waals surface area (Å²) in [6, 6.07) is 11.4. The zero-order valence-corrected chi connectivity index (χ0v) is 17.8. The molecule has 1 aliphatic rings. The van der Waals surface area contributed by atoms with Crippen molar-refractivity contribution in [2.75, 3.05) is 38.0 Å². The average Bonchev–Trinajstić information content (AvgIpc) is 2.64. The molecular formula is C18H18Cl3N3O3S. The summed E-state index contributed by atoms with van der Waals surface area (Å²) < 4.78 is 27.1. The fourth-order valence-corrected chi connectivity index (χ4v) is 5.56. The third-order valence-corrected chi connectivity index (χ3v) is 7.45. The molecule has 0 aromatic heterocycles. The molecule has 1 aliphatic heterocycles. The van der Waals surface area contributed by atoms with E-state index in [9.17, 15) is 13.2 Å². The van der Waals surface area contributed by atoms with E-state index in [0.29, 0.717) is 23.8 Å². The van der Waals surface area contributed by atoms with Crippen molar-refractivity contribution in [3.8, 4) is 0 Å². The van der Waals surface area contributed by atoms with Gasteiger partial charge in [-0.2, -0.15) is 4.31 Å². The number of nitrogens with one attached hydrogen (secondary N) is 1. The van der Waals surface area contributed by atoms with Gasteiger partial charge >= 0.3 is 0 Å². The van der Waals surface area contributed by atoms with Crippen LogP contribution in [0.5, 0.6) is 0 Å². The number of sulfonamides is 1. The van der Waals surface area contributed by atoms with Gasteiger partial charge in [0, 0.05) is 36.9 Å². The van der Waals surface area contributed by atoms with Crippen molar-refractivity contribution in [2.45, 2.75) is 4.90 Å². The fraction of sp³-hybridized carbons (Fsp3) is 0.278. The van der Waals surface area contributed by atoms with E-state index in [2.05, 4.69) is 5.32 Å². The highest BCUT2D eigenvalue weighted by atomic mass is 35.5. The molecule has 3 rings (SSSR count). The molecule has 0 radical (unpaired) electrons. The smallest absolute Gasteiger partial charge is 0.246 e. The second kappa shape index (κ2) is 8.98. The van der Waals surface area contributed by atoms with Crippen LogP contribution in [0.25, 0.3) is 0 Å². The van der Waals surface area contributed by atoms with E-state index in [1.165, 1.54) is 16.4 Å². The molecule has 0 bridgehead atoms. The lowest BCUT2D eigenvalue weighted by Crippen LogP contribution is -2.50. The van der Waals surface area contributed by atoms with Gasteiger partial charge in [0.1, 0.15) is 4.90 Å². The van der Waals surface area contributed by atoms with Gasteiger partial charge in [-0.3, -0.25) is 9.69 Å². The summed E-state index contributed by atoms with van der Waals surface area (Å²) in [6.07, 6.45) is 0. The van der Waals surface area contributed by atoms with Gasteiger partial charge in [0.05, 0.1) is 16.6 Å². The van der Waals surface area contributed by atoms with Gasteiger partial charge in [0.2, 0.25) is 15.9 Å². The summed E-state index contributed by atoms with van der Waals surface area (Å²) in [7, 11) is -3.80. The number of anilines is 1. The Morgan fingerprint density at radius 2 is 1.50 bits per heavy atom. The molecule has 0 saturated carbocycles. The number of carbonyl (C=O) groups excluding carboxylic acids is 1. The van der Waals surface area contributed by atoms with Gasteiger partial charge in [-0.05, 0) is 36.4 Å². The molecule has 6 nitrogen and oxygen atoms in total. The summed E-state index contributed by atoms with van der Waals surface area (Å²) in [5.41, 5.74) is 0.656. The Hall–Kier alpha value is -1.35. The predicted octanol–water partition coefficient (Wildman–Crippen LogP) is 3.59. The van der Waals surface area contributed by atoms with Gasteiger partial charge in [0.15, 0.2) is 0 Å². The van der Waals surface area contributed by atoms with Crippen LogP contribution in [-0.4, -0.2) is 56.3 Å². The lowest BCUT2D eigenvalue weighted by molar-refractivity contribution is -0.117. The Kier molecular flexibility index (Phi) is 6.85. The van der Waals surface area contributed by atoms with Crippen molar-refractivity contribution in [3.63, 3.8) is 0 Å². The molecule has 10 heteroatoms. The molecular weight excluding hydrogens is 445 g/mol. The number of amides is 1. The van der Waals surface area contributed by atoms with Crippen LogP contribution in [0.3, 0.4) is 0 Å². The third-order valence-electron chi connectivity index (χ3n) is 4.34. The van der Waals surface area contributed by atoms with Crippen molar-refractivity contribution in [2.24, 2.45) is 0 Å². The number of halogens is 3. The van der Waals surface area contributed by atoms with Crippen LogP contribution in [0.2, 0.25) is 15.1 Å². The minimum Gasteiger partial charge on any atom is -0.325 e. The lowest BCUT2D eigenvalue weighted by Gasteiger charge is -2.33. The maximum atomic E-state index is 12.9. The molecule has 0 atom stereocenters. The maximum Gasteiger partial charge on any atom is 0.246 e. The van der Waals surface area contributed by atoms with Crippen molar-refractivity contribution in [1.29, 1.82) is 0 Å². The number of hydrogen-bond acceptors (Lipinski definition) is 4. The molecule has 1 heterocycles. The SMILES string of the molecule is O=C(CN1CCN(S(=O)(=O)c2c(Cl)cccc2Cl)CC1)Nc1ccc(Cl)cc1. The molecule has 28 heavy (non-hydrogen) atoms. The molecule has 1 amide bonds. The first-order chi connectivity index (χ1) is 13.3. The van der Waals surface area contributed by atoms with E-state index in [-0.39, 0.29) is 40.5 Å². The lowest BCUT2D eigenvalue weighted by atomic mass is 10.3. The third kappa shape index (κ3) is 4.97. The van der Waals surface area contributed by atoms with Gasteiger partial charge in [-0.1, -0.05) is 40.9 Å². The number of nitrogens with zero attached hydrogens (tertiary/aromatic N) is 2. The number of carbonyl (C=O) groups is 1. The molecule has 1 fully saturated rings. The van der Waals surface area contributed by atoms with Crippen LogP contribution in [0.1, 0.15) is 0 Å². The van der Waals surface area contributed by atoms with Crippen molar-refractivity contribution in [1.82, 2.24) is 9.21 Å². The van der Waals surface area contributed by atoms with Crippen LogP contribution in [-0.2, 0) is 14.8 Å². The van der Waals surface area contributed by atoms with Crippen LogP contribution in [0.15, 0.2) is 47.4 Å². The van der Waals surface area contributed by atoms with E-state index in [4.69, 9.17) is 34.8 Å². The second-order valence-corrected chi connectivity index (χ2v) is 9.41. The van der Waals surface area contributed by atoms with E-state index in [1.54, 1.807) is 30.3 Å². The highest BCUT2D eigenvalue weighted by molar-refractivity contribution is 7.89. The van der Waals surface area contributed by atoms with Gasteiger partial charge in [-0.25, -0.2) is 8.42 Å². The molecule has 0 spiro atoms. The van der Waals surface area contributed by atoms with E-state index < -0.39 is 10.0 Å². The Labute approximate surface area is 179 Å². The normalized spacial score (nSPS) is 16.1. The molecule has 1 saturated heterocycles. The number of piperazine rings is 1. The highest BCUT2D eigenvalue weighted by Gasteiger charge is 2.32. The summed E-state index contributed by atoms with van der Waals surface area (Å²) in [5, 5.41) is 3.57. The Morgan fingerprint density at radius 1 is 0.929 bits per heavy atom. The molecule has 2 aromatic rings. The summed E-state index contributed by atoms with van der Waals surface area (Å²) in [4.78, 5) is 14.0. The van der Waals surface area contributed by atoms with Gasteiger partial charge in [-0.15, -0.1) is 0 Å². The zero-order valence-electron chi connectivity index (χ0n) is 14.7. The van der Waals surface area contributed by atoms with E-state index >= 15 is 0 Å². The first-order valence-corrected chi connectivity index (χ1v) is 11.1. The van der Waals surface area contributed by atoms with Crippen LogP contribution in [0, 0.1) is 0 Å². The van der Waals surface area contributed by atoms with Gasteiger partial charge in [0.25, 0.3) is 0 Å². The van der Waals surface area contributed by atoms with E-state index in [0.717, 1.165) is 0 Å². The topological polar surface area (TPSA) is 69.7 Å². The quantitative estimate of drug-likeness (QED) is 0.737. The first-order valence-electron chi connectivity index (χ1n) is 8.49. The number of hydrogen-bond donors (Lipinski definition) is 1. The van der Waals surface area contributed by atoms with E-state index in [1.807, 2.05) is 4.90 Å². The summed E-state index contributed by atoms with van der Waals surface area (Å²) in [5.74, 6) is -0.173. The molecule has 0 aliphatic carbocycles. The highest BCUT2D eigenvalue weighted by Crippen LogP contribution is 2.31. The second-order valence-electron chi connectivity index (χ2n) is 6.29. The average molecular weight is 463 g/mol. The minimum absolute atomic E-state index is 0.0766. The maximum absolute atomic E-state index is 12.9. The molecule has 1 N–H and O–H groups in total. The van der Waals surface area contributed by atoms with Gasteiger partial charge < -0.3 is 5.32 Å². The molecule has 150 valence electrons. The summed E-state index contributed by atoms with van der Waals surface area (Å²) >= 11 is 17.9. The minimum atomic E-state index is -3.80. The van der Waals surface area contributed by atoms with Crippen molar-refractivity contribution in [3.05, 3.63) is 57.5 Å². The van der Waals surface area contributed by atoms with Crippen LogP contribution < -0.4 is 5.32 Å². The van der Waals surface area contributed by atoms with Crippen molar-refractivity contribution >= 4 is 56.4 Å². The monoisotopic (exact) mass is 461 g/mol. The fourth-order valence-electron chi connectivity index (χ4n) is 2.92. The Bertz CT molecular complexity index is 940. The predicted molar refractivity (Wildman–Crippen MR) is 112 cm³/mol. The largest absolute Gasteiger partial charge is 0.325 e. The molecule has 2 aromatic carbocycles.